The van der Waals surface area contributed by atoms with E-state index in [0.29, 0.717) is 36.6 Å². The van der Waals surface area contributed by atoms with Crippen LogP contribution in [-0.4, -0.2) is 29.9 Å². The van der Waals surface area contributed by atoms with E-state index in [9.17, 15) is 9.59 Å². The molecule has 0 aliphatic carbocycles. The van der Waals surface area contributed by atoms with Crippen molar-refractivity contribution in [3.8, 4) is 0 Å². The van der Waals surface area contributed by atoms with Crippen LogP contribution in [-0.2, 0) is 10.2 Å². The monoisotopic (exact) mass is 385 g/mol. The fourth-order valence-corrected chi connectivity index (χ4v) is 3.91. The second-order valence-corrected chi connectivity index (χ2v) is 7.51. The van der Waals surface area contributed by atoms with E-state index < -0.39 is 0 Å². The van der Waals surface area contributed by atoms with Gasteiger partial charge in [-0.2, -0.15) is 0 Å². The third-order valence-electron chi connectivity index (χ3n) is 5.20. The summed E-state index contributed by atoms with van der Waals surface area (Å²) in [6.45, 7) is 1.24. The topological polar surface area (TPSA) is 75.4 Å². The lowest BCUT2D eigenvalue weighted by Gasteiger charge is -2.43. The molecule has 0 aromatic heterocycles. The Kier molecular flexibility index (Phi) is 6.01. The summed E-state index contributed by atoms with van der Waals surface area (Å²) in [7, 11) is 0. The van der Waals surface area contributed by atoms with Crippen molar-refractivity contribution >= 4 is 29.2 Å². The molecule has 0 bridgehead atoms. The predicted molar refractivity (Wildman–Crippen MR) is 108 cm³/mol. The van der Waals surface area contributed by atoms with Crippen molar-refractivity contribution in [3.63, 3.8) is 0 Å². The maximum absolute atomic E-state index is 12.8. The van der Waals surface area contributed by atoms with Crippen molar-refractivity contribution in [3.05, 3.63) is 65.2 Å². The summed E-state index contributed by atoms with van der Waals surface area (Å²) < 4.78 is 0. The number of nitrogens with zero attached hydrogens (tertiary/aromatic N) is 1. The van der Waals surface area contributed by atoms with Crippen LogP contribution in [0.5, 0.6) is 0 Å². The Hall–Kier alpha value is -2.53. The minimum absolute atomic E-state index is 0.142. The zero-order valence-corrected chi connectivity index (χ0v) is 15.9. The minimum atomic E-state index is -0.312. The third-order valence-corrected chi connectivity index (χ3v) is 5.45. The predicted octanol–water partition coefficient (Wildman–Crippen LogP) is 4.17. The Balaban J connectivity index is 1.78. The number of primary amides is 1. The van der Waals surface area contributed by atoms with Gasteiger partial charge in [-0.05, 0) is 49.1 Å². The van der Waals surface area contributed by atoms with Crippen LogP contribution in [0.3, 0.4) is 0 Å². The van der Waals surface area contributed by atoms with Gasteiger partial charge in [0.05, 0.1) is 0 Å². The molecule has 1 unspecified atom stereocenters. The van der Waals surface area contributed by atoms with Crippen LogP contribution in [0.25, 0.3) is 0 Å². The second kappa shape index (κ2) is 8.44. The number of amides is 3. The molecule has 2 aromatic carbocycles. The average Bonchev–Trinajstić information content (AvgIpc) is 2.69. The normalized spacial score (nSPS) is 19.5. The maximum atomic E-state index is 12.8. The molecule has 0 radical (unpaired) electrons. The largest absolute Gasteiger partial charge is 0.370 e. The van der Waals surface area contributed by atoms with E-state index in [2.05, 4.69) is 17.4 Å². The van der Waals surface area contributed by atoms with Gasteiger partial charge >= 0.3 is 6.03 Å². The Morgan fingerprint density at radius 2 is 1.81 bits per heavy atom. The molecule has 2 aromatic rings. The number of rotatable bonds is 5. The molecule has 27 heavy (non-hydrogen) atoms. The number of piperidine rings is 1. The first-order chi connectivity index (χ1) is 13.0. The number of benzene rings is 2. The van der Waals surface area contributed by atoms with Crippen LogP contribution in [0.4, 0.5) is 10.5 Å². The first-order valence-corrected chi connectivity index (χ1v) is 9.52. The molecule has 3 N–H and O–H groups in total. The Labute approximate surface area is 164 Å². The van der Waals surface area contributed by atoms with E-state index in [1.165, 1.54) is 0 Å². The smallest absolute Gasteiger partial charge is 0.321 e. The van der Waals surface area contributed by atoms with Gasteiger partial charge in [0.1, 0.15) is 0 Å². The Morgan fingerprint density at radius 1 is 1.11 bits per heavy atom. The van der Waals surface area contributed by atoms with Crippen molar-refractivity contribution in [2.75, 3.05) is 18.4 Å². The van der Waals surface area contributed by atoms with Gasteiger partial charge in [-0.25, -0.2) is 4.79 Å². The molecule has 0 spiro atoms. The number of hydrogen-bond acceptors (Lipinski definition) is 2. The van der Waals surface area contributed by atoms with E-state index in [-0.39, 0.29) is 17.4 Å². The van der Waals surface area contributed by atoms with Crippen LogP contribution < -0.4 is 11.1 Å². The third kappa shape index (κ3) is 4.80. The van der Waals surface area contributed by atoms with E-state index in [0.717, 1.165) is 18.4 Å². The van der Waals surface area contributed by atoms with Crippen molar-refractivity contribution in [2.45, 2.75) is 31.1 Å². The van der Waals surface area contributed by atoms with Gasteiger partial charge in [-0.1, -0.05) is 41.9 Å². The van der Waals surface area contributed by atoms with E-state index in [4.69, 9.17) is 17.3 Å². The summed E-state index contributed by atoms with van der Waals surface area (Å²) in [5, 5.41) is 3.56. The fraction of sp³-hybridized carbons (Fsp3) is 0.333. The van der Waals surface area contributed by atoms with Crippen molar-refractivity contribution in [1.29, 1.82) is 0 Å². The number of halogens is 1. The summed E-state index contributed by atoms with van der Waals surface area (Å²) >= 11 is 5.90. The quantitative estimate of drug-likeness (QED) is 0.810. The number of urea groups is 1. The number of likely N-dealkylation sites (tertiary alicyclic amines) is 1. The highest BCUT2D eigenvalue weighted by molar-refractivity contribution is 6.30. The summed E-state index contributed by atoms with van der Waals surface area (Å²) in [5.41, 5.74) is 7.01. The molecular weight excluding hydrogens is 362 g/mol. The second-order valence-electron chi connectivity index (χ2n) is 7.07. The molecular formula is C21H24ClN3O2. The molecule has 5 nitrogen and oxygen atoms in total. The summed E-state index contributed by atoms with van der Waals surface area (Å²) in [5.74, 6) is -0.312. The number of hydrogen-bond donors (Lipinski definition) is 2. The lowest BCUT2D eigenvalue weighted by Crippen LogP contribution is -2.50. The van der Waals surface area contributed by atoms with Gasteiger partial charge in [0.25, 0.3) is 0 Å². The highest BCUT2D eigenvalue weighted by Gasteiger charge is 2.38. The summed E-state index contributed by atoms with van der Waals surface area (Å²) in [6, 6.07) is 17.0. The Morgan fingerprint density at radius 3 is 2.48 bits per heavy atom. The molecule has 0 saturated carbocycles. The summed E-state index contributed by atoms with van der Waals surface area (Å²) in [4.78, 5) is 26.0. The number of anilines is 1. The van der Waals surface area contributed by atoms with Crippen LogP contribution >= 0.6 is 11.6 Å². The number of nitrogens with two attached hydrogens (primary N) is 1. The highest BCUT2D eigenvalue weighted by atomic mass is 35.5. The molecule has 6 heteroatoms. The standard InChI is InChI=1S/C21H24ClN3O2/c22-17-7-9-18(10-8-17)24-20(27)25-14-4-12-21(15-25,13-11-19(23)26)16-5-2-1-3-6-16/h1-3,5-10H,4,11-15H2,(H2,23,26)(H,24,27). The fourth-order valence-electron chi connectivity index (χ4n) is 3.78. The average molecular weight is 386 g/mol. The van der Waals surface area contributed by atoms with Crippen LogP contribution in [0.15, 0.2) is 54.6 Å². The first kappa shape index (κ1) is 19.2. The SMILES string of the molecule is NC(=O)CCC1(c2ccccc2)CCCN(C(=O)Nc2ccc(Cl)cc2)C1. The zero-order valence-electron chi connectivity index (χ0n) is 15.2. The van der Waals surface area contributed by atoms with Crippen molar-refractivity contribution in [1.82, 2.24) is 4.90 Å². The van der Waals surface area contributed by atoms with Gasteiger partial charge in [0.2, 0.25) is 5.91 Å². The molecule has 3 rings (SSSR count). The Bertz CT molecular complexity index is 795. The molecule has 1 heterocycles. The number of carbonyl (C=O) groups is 2. The van der Waals surface area contributed by atoms with Crippen LogP contribution in [0.1, 0.15) is 31.2 Å². The van der Waals surface area contributed by atoms with Crippen molar-refractivity contribution < 1.29 is 9.59 Å². The number of carbonyl (C=O) groups excluding carboxylic acids is 2. The molecule has 142 valence electrons. The van der Waals surface area contributed by atoms with Crippen LogP contribution in [0, 0.1) is 0 Å². The lowest BCUT2D eigenvalue weighted by atomic mass is 9.71. The first-order valence-electron chi connectivity index (χ1n) is 9.14. The lowest BCUT2D eigenvalue weighted by molar-refractivity contribution is -0.118. The van der Waals surface area contributed by atoms with E-state index in [1.807, 2.05) is 23.1 Å². The molecule has 3 amide bonds. The molecule has 1 aliphatic heterocycles. The summed E-state index contributed by atoms with van der Waals surface area (Å²) in [6.07, 6.45) is 2.75. The van der Waals surface area contributed by atoms with Crippen molar-refractivity contribution in [2.24, 2.45) is 5.73 Å². The van der Waals surface area contributed by atoms with E-state index >= 15 is 0 Å². The van der Waals surface area contributed by atoms with Crippen LogP contribution in [0.2, 0.25) is 5.02 Å². The highest BCUT2D eigenvalue weighted by Crippen LogP contribution is 2.38. The maximum Gasteiger partial charge on any atom is 0.321 e. The van der Waals surface area contributed by atoms with E-state index in [1.54, 1.807) is 24.3 Å². The zero-order chi connectivity index (χ0) is 19.3. The molecule has 1 aliphatic rings. The molecule has 1 fully saturated rings. The van der Waals surface area contributed by atoms with Gasteiger partial charge in [-0.15, -0.1) is 0 Å². The van der Waals surface area contributed by atoms with Gasteiger partial charge in [0, 0.05) is 35.6 Å². The van der Waals surface area contributed by atoms with Gasteiger partial charge in [-0.3, -0.25) is 4.79 Å². The van der Waals surface area contributed by atoms with Gasteiger partial charge < -0.3 is 16.0 Å². The molecule has 1 saturated heterocycles. The van der Waals surface area contributed by atoms with Gasteiger partial charge in [0.15, 0.2) is 0 Å². The molecule has 1 atom stereocenters. The minimum Gasteiger partial charge on any atom is -0.370 e. The number of nitrogens with one attached hydrogen (secondary N) is 1.